The third-order valence-electron chi connectivity index (χ3n) is 12.8. The van der Waals surface area contributed by atoms with Crippen molar-refractivity contribution in [1.82, 2.24) is 15.4 Å². The number of rotatable bonds is 6. The second-order valence-electron chi connectivity index (χ2n) is 16.2. The van der Waals surface area contributed by atoms with Gasteiger partial charge in [0.2, 0.25) is 0 Å². The Hall–Kier alpha value is -6.78. The van der Waals surface area contributed by atoms with E-state index < -0.39 is 0 Å². The van der Waals surface area contributed by atoms with E-state index in [0.29, 0.717) is 22.5 Å². The number of hydrogen-bond acceptors (Lipinski definition) is 3. The Kier molecular flexibility index (Phi) is 9.00. The molecule has 0 saturated carbocycles. The quantitative estimate of drug-likeness (QED) is 0.156. The molecule has 10 aromatic rings. The summed E-state index contributed by atoms with van der Waals surface area (Å²) in [5.41, 5.74) is 19.7. The zero-order valence-electron chi connectivity index (χ0n) is 34.3. The molecule has 3 nitrogen and oxygen atoms in total. The topological polar surface area (TPSA) is 38.7 Å². The minimum atomic E-state index is -0.299. The fourth-order valence-corrected chi connectivity index (χ4v) is 12.0. The van der Waals surface area contributed by atoms with Crippen LogP contribution < -0.4 is 0 Å². The van der Waals surface area contributed by atoms with Gasteiger partial charge in [-0.2, -0.15) is 0 Å². The summed E-state index contributed by atoms with van der Waals surface area (Å²) in [5.74, 6) is -0.299. The first kappa shape index (κ1) is 37.2. The van der Waals surface area contributed by atoms with E-state index in [1.807, 2.05) is 62.4 Å². The van der Waals surface area contributed by atoms with Crippen molar-refractivity contribution in [2.75, 3.05) is 0 Å². The molecule has 0 N–H and O–H groups in total. The molecule has 1 aliphatic rings. The molecule has 0 spiro atoms. The average molecular weight is 853 g/mol. The molecule has 2 aromatic heterocycles. The van der Waals surface area contributed by atoms with E-state index in [9.17, 15) is 0 Å². The van der Waals surface area contributed by atoms with Gasteiger partial charge >= 0.3 is 363 Å². The van der Waals surface area contributed by atoms with Crippen LogP contribution >= 0.6 is 0 Å². The maximum absolute atomic E-state index is 18.2. The monoisotopic (exact) mass is 853 g/mol. The van der Waals surface area contributed by atoms with Crippen molar-refractivity contribution in [3.8, 4) is 78.1 Å². The molecular weight excluding hydrogens is 813 g/mol. The van der Waals surface area contributed by atoms with Crippen molar-refractivity contribution in [1.29, 1.82) is 0 Å². The zero-order valence-corrected chi connectivity index (χ0v) is 36.1. The molecule has 61 heavy (non-hydrogen) atoms. The Bertz CT molecular complexity index is 3370. The molecule has 5 heteroatoms. The van der Waals surface area contributed by atoms with Gasteiger partial charge in [-0.05, 0) is 0 Å². The number of hydrogen-bond donors (Lipinski definition) is 0. The van der Waals surface area contributed by atoms with Crippen LogP contribution in [0.4, 0.5) is 4.39 Å². The summed E-state index contributed by atoms with van der Waals surface area (Å²) in [7, 11) is 0. The van der Waals surface area contributed by atoms with Gasteiger partial charge in [0.05, 0.1) is 0 Å². The summed E-state index contributed by atoms with van der Waals surface area (Å²) in [6, 6.07) is 55.6. The number of aromatic nitrogens is 3. The van der Waals surface area contributed by atoms with Gasteiger partial charge in [-0.25, -0.2) is 0 Å². The summed E-state index contributed by atoms with van der Waals surface area (Å²) in [4.78, 5) is 0. The Balaban J connectivity index is 1.37. The Morgan fingerprint density at radius 1 is 0.459 bits per heavy atom. The van der Waals surface area contributed by atoms with Crippen LogP contribution in [0.1, 0.15) is 33.4 Å². The van der Waals surface area contributed by atoms with Crippen LogP contribution in [0.3, 0.4) is 0 Å². The Labute approximate surface area is 361 Å². The Morgan fingerprint density at radius 2 is 1.07 bits per heavy atom. The van der Waals surface area contributed by atoms with Gasteiger partial charge in [0.25, 0.3) is 0 Å². The first-order valence-corrected chi connectivity index (χ1v) is 22.5. The molecule has 0 fully saturated rings. The van der Waals surface area contributed by atoms with Gasteiger partial charge in [0.15, 0.2) is 0 Å². The second-order valence-corrected chi connectivity index (χ2v) is 18.5. The molecule has 8 aromatic carbocycles. The van der Waals surface area contributed by atoms with Gasteiger partial charge in [-0.15, -0.1) is 0 Å². The van der Waals surface area contributed by atoms with Crippen LogP contribution in [0, 0.1) is 33.5 Å². The standard InChI is InChI=1S/C56H40FN3Se/c1-32-28-43-40-25-15-14-24-39(40)30-44(43)48(34(32)3)51-42(36-18-8-5-9-19-36)31-47-50(41-26-16-17-27-46(41)61-47)52(51)45-29-33(2)35(4)54(57)53(45)56-49(37-20-10-6-11-21-37)55(58-60-59-56)38-22-12-7-13-23-38/h5-29,31H,30H2,1-4H3. The average Bonchev–Trinajstić information content (AvgIpc) is 3.86. The number of benzene rings is 8. The molecule has 0 aliphatic heterocycles. The maximum atomic E-state index is 18.2. The summed E-state index contributed by atoms with van der Waals surface area (Å²) < 4.78 is 20.8. The van der Waals surface area contributed by atoms with Crippen molar-refractivity contribution in [2.45, 2.75) is 34.1 Å². The van der Waals surface area contributed by atoms with Crippen molar-refractivity contribution in [3.63, 3.8) is 0 Å². The van der Waals surface area contributed by atoms with E-state index in [-0.39, 0.29) is 20.3 Å². The first-order chi connectivity index (χ1) is 29.9. The number of nitrogens with zero attached hydrogens (tertiary/aromatic N) is 3. The molecule has 0 amide bonds. The van der Waals surface area contributed by atoms with E-state index in [0.717, 1.165) is 56.5 Å². The van der Waals surface area contributed by atoms with E-state index in [1.165, 1.54) is 58.2 Å². The predicted octanol–water partition coefficient (Wildman–Crippen LogP) is 14.2. The summed E-state index contributed by atoms with van der Waals surface area (Å²) in [5, 5.41) is 16.4. The fraction of sp³-hybridized carbons (Fsp3) is 0.0893. The molecule has 11 rings (SSSR count). The van der Waals surface area contributed by atoms with E-state index in [4.69, 9.17) is 5.10 Å². The minimum absolute atomic E-state index is 0.0210. The van der Waals surface area contributed by atoms with Crippen LogP contribution in [0.15, 0.2) is 158 Å². The normalized spacial score (nSPS) is 12.0. The van der Waals surface area contributed by atoms with Gasteiger partial charge in [-0.3, -0.25) is 0 Å². The summed E-state index contributed by atoms with van der Waals surface area (Å²) >= 11 is 0.0210. The number of halogens is 1. The molecule has 2 heterocycles. The van der Waals surface area contributed by atoms with Gasteiger partial charge in [0, 0.05) is 0 Å². The molecule has 1 aliphatic carbocycles. The van der Waals surface area contributed by atoms with Crippen LogP contribution in [0.25, 0.3) is 97.4 Å². The SMILES string of the molecule is Cc1cc(-c2c(-c3c(C)c(C)cc4c3Cc3ccccc3-4)c(-c3ccccc3)cc3[se]c4ccccc4c23)c(-c2nnnc(-c3ccccc3)c2-c2ccccc2)c(F)c1C. The van der Waals surface area contributed by atoms with Crippen molar-refractivity contribution >= 4 is 33.8 Å². The second kappa shape index (κ2) is 14.7. The molecule has 0 bridgehead atoms. The molecule has 0 radical (unpaired) electrons. The van der Waals surface area contributed by atoms with Crippen LogP contribution in [-0.2, 0) is 6.42 Å². The summed E-state index contributed by atoms with van der Waals surface area (Å²) in [6.45, 7) is 8.42. The van der Waals surface area contributed by atoms with Crippen molar-refractivity contribution in [2.24, 2.45) is 0 Å². The van der Waals surface area contributed by atoms with Crippen LogP contribution in [-0.4, -0.2) is 29.9 Å². The predicted molar refractivity (Wildman–Crippen MR) is 252 cm³/mol. The van der Waals surface area contributed by atoms with Gasteiger partial charge in [0.1, 0.15) is 0 Å². The molecule has 0 atom stereocenters. The third kappa shape index (κ3) is 5.95. The fourth-order valence-electron chi connectivity index (χ4n) is 9.60. The first-order valence-electron chi connectivity index (χ1n) is 20.8. The number of aryl methyl sites for hydroxylation is 2. The van der Waals surface area contributed by atoms with E-state index in [1.54, 1.807) is 0 Å². The van der Waals surface area contributed by atoms with Crippen molar-refractivity contribution in [3.05, 3.63) is 197 Å². The molecular formula is C56H40FN3Se. The van der Waals surface area contributed by atoms with Crippen LogP contribution in [0.5, 0.6) is 0 Å². The molecule has 0 unspecified atom stereocenters. The van der Waals surface area contributed by atoms with Gasteiger partial charge in [-0.1, -0.05) is 0 Å². The Morgan fingerprint density at radius 3 is 1.82 bits per heavy atom. The zero-order chi connectivity index (χ0) is 41.4. The van der Waals surface area contributed by atoms with Crippen molar-refractivity contribution < 1.29 is 4.39 Å². The van der Waals surface area contributed by atoms with E-state index in [2.05, 4.69) is 133 Å². The molecule has 0 saturated heterocycles. The van der Waals surface area contributed by atoms with E-state index >= 15 is 4.39 Å². The van der Waals surface area contributed by atoms with Gasteiger partial charge < -0.3 is 0 Å². The molecule has 292 valence electrons. The van der Waals surface area contributed by atoms with Crippen LogP contribution in [0.2, 0.25) is 0 Å². The number of fused-ring (bicyclic) bond motifs is 6. The third-order valence-corrected chi connectivity index (χ3v) is 15.1. The summed E-state index contributed by atoms with van der Waals surface area (Å²) in [6.07, 6.45) is 0.815.